The van der Waals surface area contributed by atoms with Crippen LogP contribution >= 0.6 is 0 Å². The van der Waals surface area contributed by atoms with Crippen LogP contribution in [-0.4, -0.2) is 17.5 Å². The highest BCUT2D eigenvalue weighted by Gasteiger charge is 2.10. The molecule has 134 valence electrons. The number of hydrogen-bond donors (Lipinski definition) is 2. The molecule has 3 aromatic rings. The number of rotatable bonds is 5. The van der Waals surface area contributed by atoms with Crippen LogP contribution in [-0.2, 0) is 4.79 Å². The summed E-state index contributed by atoms with van der Waals surface area (Å²) in [6, 6.07) is 12.8. The molecule has 0 saturated carbocycles. The number of amides is 1. The fraction of sp³-hybridized carbons (Fsp3) is 0.200. The lowest BCUT2D eigenvalue weighted by Gasteiger charge is -2.12. The summed E-state index contributed by atoms with van der Waals surface area (Å²) < 4.78 is 18.7. The molecule has 0 bridgehead atoms. The number of hydrogen-bond acceptors (Lipinski definition) is 3. The van der Waals surface area contributed by atoms with Gasteiger partial charge in [0.05, 0.1) is 5.52 Å². The zero-order chi connectivity index (χ0) is 18.7. The van der Waals surface area contributed by atoms with Gasteiger partial charge in [0.2, 0.25) is 5.56 Å². The molecule has 6 heteroatoms. The van der Waals surface area contributed by atoms with Crippen molar-refractivity contribution in [1.29, 1.82) is 0 Å². The number of nitrogens with one attached hydrogen (secondary N) is 2. The Bertz CT molecular complexity index is 1010. The molecule has 5 nitrogen and oxygen atoms in total. The first-order valence-corrected chi connectivity index (χ1v) is 8.28. The number of para-hydroxylation sites is 1. The van der Waals surface area contributed by atoms with Gasteiger partial charge in [-0.3, -0.25) is 9.59 Å². The van der Waals surface area contributed by atoms with Crippen LogP contribution in [0.25, 0.3) is 10.9 Å². The van der Waals surface area contributed by atoms with Crippen LogP contribution < -0.4 is 15.6 Å². The SMILES string of the molecule is CC(C)c1cc(=O)[nH]c2cc(NC(=O)COc3ccccc3F)ccc12. The number of H-pyrrole nitrogens is 1. The third kappa shape index (κ3) is 3.91. The molecule has 1 heterocycles. The van der Waals surface area contributed by atoms with Gasteiger partial charge in [0.15, 0.2) is 18.2 Å². The van der Waals surface area contributed by atoms with Crippen LogP contribution in [0.2, 0.25) is 0 Å². The Balaban J connectivity index is 1.75. The number of benzene rings is 2. The molecular weight excluding hydrogens is 335 g/mol. The number of carbonyl (C=O) groups is 1. The van der Waals surface area contributed by atoms with Crippen molar-refractivity contribution >= 4 is 22.5 Å². The standard InChI is InChI=1S/C20H19FN2O3/c1-12(2)15-10-19(24)23-17-9-13(7-8-14(15)17)22-20(25)11-26-18-6-4-3-5-16(18)21/h3-10,12H,11H2,1-2H3,(H,22,25)(H,23,24). The summed E-state index contributed by atoms with van der Waals surface area (Å²) in [7, 11) is 0. The molecule has 3 rings (SSSR count). The monoisotopic (exact) mass is 354 g/mol. The number of pyridine rings is 1. The van der Waals surface area contributed by atoms with Crippen LogP contribution in [0.15, 0.2) is 53.3 Å². The van der Waals surface area contributed by atoms with Gasteiger partial charge in [-0.05, 0) is 35.7 Å². The molecule has 0 aliphatic carbocycles. The first-order chi connectivity index (χ1) is 12.4. The summed E-state index contributed by atoms with van der Waals surface area (Å²) in [6.07, 6.45) is 0. The maximum atomic E-state index is 13.5. The first-order valence-electron chi connectivity index (χ1n) is 8.28. The number of halogens is 1. The van der Waals surface area contributed by atoms with Crippen LogP contribution in [0.5, 0.6) is 5.75 Å². The second kappa shape index (κ2) is 7.39. The Labute approximate surface area is 149 Å². The molecular formula is C20H19FN2O3. The summed E-state index contributed by atoms with van der Waals surface area (Å²) in [5.74, 6) is -0.721. The number of aromatic amines is 1. The average Bonchev–Trinajstić information content (AvgIpc) is 2.60. The minimum absolute atomic E-state index is 0.0204. The van der Waals surface area contributed by atoms with Crippen molar-refractivity contribution < 1.29 is 13.9 Å². The lowest BCUT2D eigenvalue weighted by molar-refractivity contribution is -0.118. The van der Waals surface area contributed by atoms with E-state index >= 15 is 0 Å². The number of fused-ring (bicyclic) bond motifs is 1. The van der Waals surface area contributed by atoms with Gasteiger partial charge >= 0.3 is 0 Å². The van der Waals surface area contributed by atoms with E-state index in [1.165, 1.54) is 12.1 Å². The summed E-state index contributed by atoms with van der Waals surface area (Å²) in [5.41, 5.74) is 1.93. The van der Waals surface area contributed by atoms with Gasteiger partial charge in [-0.1, -0.05) is 32.0 Å². The number of aromatic nitrogens is 1. The summed E-state index contributed by atoms with van der Waals surface area (Å²) in [4.78, 5) is 26.7. The topological polar surface area (TPSA) is 71.2 Å². The molecule has 1 aromatic heterocycles. The van der Waals surface area contributed by atoms with E-state index in [4.69, 9.17) is 4.74 Å². The fourth-order valence-electron chi connectivity index (χ4n) is 2.74. The summed E-state index contributed by atoms with van der Waals surface area (Å²) >= 11 is 0. The fourth-order valence-corrected chi connectivity index (χ4v) is 2.74. The quantitative estimate of drug-likeness (QED) is 0.732. The molecule has 0 radical (unpaired) electrons. The normalized spacial score (nSPS) is 10.9. The molecule has 0 spiro atoms. The summed E-state index contributed by atoms with van der Waals surface area (Å²) in [6.45, 7) is 3.72. The van der Waals surface area contributed by atoms with Crippen molar-refractivity contribution in [2.75, 3.05) is 11.9 Å². The van der Waals surface area contributed by atoms with Crippen LogP contribution in [0, 0.1) is 5.82 Å². The zero-order valence-electron chi connectivity index (χ0n) is 14.5. The smallest absolute Gasteiger partial charge is 0.262 e. The lowest BCUT2D eigenvalue weighted by Crippen LogP contribution is -2.20. The van der Waals surface area contributed by atoms with E-state index in [0.29, 0.717) is 11.2 Å². The number of ether oxygens (including phenoxy) is 1. The van der Waals surface area contributed by atoms with Crippen molar-refractivity contribution in [2.45, 2.75) is 19.8 Å². The summed E-state index contributed by atoms with van der Waals surface area (Å²) in [5, 5.41) is 3.61. The predicted octanol–water partition coefficient (Wildman–Crippen LogP) is 3.81. The van der Waals surface area contributed by atoms with Gasteiger partial charge in [-0.25, -0.2) is 4.39 Å². The molecule has 0 aliphatic rings. The van der Waals surface area contributed by atoms with E-state index in [2.05, 4.69) is 10.3 Å². The second-order valence-electron chi connectivity index (χ2n) is 6.27. The van der Waals surface area contributed by atoms with Crippen molar-refractivity contribution in [3.63, 3.8) is 0 Å². The van der Waals surface area contributed by atoms with Gasteiger partial charge < -0.3 is 15.0 Å². The minimum atomic E-state index is -0.523. The number of anilines is 1. The lowest BCUT2D eigenvalue weighted by atomic mass is 9.99. The Morgan fingerprint density at radius 1 is 1.19 bits per heavy atom. The van der Waals surface area contributed by atoms with Crippen molar-refractivity contribution in [1.82, 2.24) is 4.98 Å². The van der Waals surface area contributed by atoms with Crippen LogP contribution in [0.4, 0.5) is 10.1 Å². The molecule has 0 atom stereocenters. The third-order valence-corrected chi connectivity index (χ3v) is 3.98. The van der Waals surface area contributed by atoms with E-state index in [9.17, 15) is 14.0 Å². The van der Waals surface area contributed by atoms with E-state index in [1.807, 2.05) is 19.9 Å². The van der Waals surface area contributed by atoms with E-state index in [1.54, 1.807) is 30.3 Å². The molecule has 2 N–H and O–H groups in total. The molecule has 0 fully saturated rings. The van der Waals surface area contributed by atoms with Gasteiger partial charge in [0.25, 0.3) is 5.91 Å². The Morgan fingerprint density at radius 2 is 1.96 bits per heavy atom. The van der Waals surface area contributed by atoms with E-state index in [-0.39, 0.29) is 23.8 Å². The molecule has 2 aromatic carbocycles. The zero-order valence-corrected chi connectivity index (χ0v) is 14.5. The predicted molar refractivity (Wildman–Crippen MR) is 99.2 cm³/mol. The highest BCUT2D eigenvalue weighted by atomic mass is 19.1. The van der Waals surface area contributed by atoms with Crippen molar-refractivity contribution in [3.05, 3.63) is 70.3 Å². The van der Waals surface area contributed by atoms with E-state index in [0.717, 1.165) is 10.9 Å². The Hall–Kier alpha value is -3.15. The molecule has 0 saturated heterocycles. The van der Waals surface area contributed by atoms with Crippen LogP contribution in [0.3, 0.4) is 0 Å². The van der Waals surface area contributed by atoms with Gasteiger partial charge in [0, 0.05) is 17.1 Å². The van der Waals surface area contributed by atoms with Gasteiger partial charge in [-0.15, -0.1) is 0 Å². The molecule has 1 amide bonds. The van der Waals surface area contributed by atoms with E-state index < -0.39 is 11.7 Å². The molecule has 0 aliphatic heterocycles. The third-order valence-electron chi connectivity index (χ3n) is 3.98. The average molecular weight is 354 g/mol. The minimum Gasteiger partial charge on any atom is -0.481 e. The van der Waals surface area contributed by atoms with Crippen molar-refractivity contribution in [3.8, 4) is 5.75 Å². The second-order valence-corrected chi connectivity index (χ2v) is 6.27. The highest BCUT2D eigenvalue weighted by molar-refractivity contribution is 5.95. The van der Waals surface area contributed by atoms with Gasteiger partial charge in [0.1, 0.15) is 0 Å². The van der Waals surface area contributed by atoms with Crippen LogP contribution in [0.1, 0.15) is 25.3 Å². The molecule has 26 heavy (non-hydrogen) atoms. The largest absolute Gasteiger partial charge is 0.481 e. The molecule has 0 unspecified atom stereocenters. The van der Waals surface area contributed by atoms with Crippen molar-refractivity contribution in [2.24, 2.45) is 0 Å². The maximum absolute atomic E-state index is 13.5. The Kier molecular flexibility index (Phi) is 5.02. The van der Waals surface area contributed by atoms with Gasteiger partial charge in [-0.2, -0.15) is 0 Å². The number of carbonyl (C=O) groups excluding carboxylic acids is 1. The Morgan fingerprint density at radius 3 is 2.69 bits per heavy atom. The first kappa shape index (κ1) is 17.7. The maximum Gasteiger partial charge on any atom is 0.262 e. The highest BCUT2D eigenvalue weighted by Crippen LogP contribution is 2.25.